The molecule has 0 unspecified atom stereocenters. The van der Waals surface area contributed by atoms with Crippen LogP contribution in [0.15, 0.2) is 30.3 Å². The normalized spacial score (nSPS) is 16.6. The third kappa shape index (κ3) is 3.63. The summed E-state index contributed by atoms with van der Waals surface area (Å²) in [7, 11) is 2.15. The van der Waals surface area contributed by atoms with Crippen molar-refractivity contribution >= 4 is 17.5 Å². The van der Waals surface area contributed by atoms with Gasteiger partial charge in [-0.15, -0.1) is 0 Å². The molecule has 0 aliphatic carbocycles. The van der Waals surface area contributed by atoms with Crippen molar-refractivity contribution in [3.05, 3.63) is 41.6 Å². The minimum Gasteiger partial charge on any atom is -0.492 e. The predicted octanol–water partition coefficient (Wildman–Crippen LogP) is 2.61. The smallest absolute Gasteiger partial charge is 0.167 e. The number of piperazine rings is 1. The lowest BCUT2D eigenvalue weighted by atomic mass is 10.1. The van der Waals surface area contributed by atoms with E-state index < -0.39 is 0 Å². The van der Waals surface area contributed by atoms with Crippen molar-refractivity contribution in [3.8, 4) is 17.1 Å². The highest BCUT2D eigenvalue weighted by atomic mass is 16.5. The predicted molar refractivity (Wildman–Crippen MR) is 113 cm³/mol. The number of aryl methyl sites for hydroxylation is 1. The van der Waals surface area contributed by atoms with Crippen molar-refractivity contribution < 1.29 is 4.74 Å². The lowest BCUT2D eigenvalue weighted by molar-refractivity contribution is 0.312. The number of nitrogens with zero attached hydrogens (tertiary/aromatic N) is 5. The maximum absolute atomic E-state index is 5.91. The van der Waals surface area contributed by atoms with Crippen LogP contribution in [0.5, 0.6) is 5.75 Å². The molecule has 8 heteroatoms. The van der Waals surface area contributed by atoms with E-state index in [9.17, 15) is 0 Å². The molecule has 0 spiro atoms. The molecule has 8 nitrogen and oxygen atoms in total. The molecule has 2 aromatic heterocycles. The van der Waals surface area contributed by atoms with Crippen LogP contribution in [-0.2, 0) is 6.42 Å². The second-order valence-corrected chi connectivity index (χ2v) is 7.68. The number of H-pyrrole nitrogens is 1. The third-order valence-corrected chi connectivity index (χ3v) is 5.46. The van der Waals surface area contributed by atoms with Crippen molar-refractivity contribution in [2.24, 2.45) is 0 Å². The molecule has 0 bridgehead atoms. The van der Waals surface area contributed by atoms with E-state index in [4.69, 9.17) is 14.7 Å². The zero-order valence-corrected chi connectivity index (χ0v) is 16.8. The van der Waals surface area contributed by atoms with E-state index in [-0.39, 0.29) is 0 Å². The standard InChI is InChI=1S/C21H25N7O/c1-14-12-18(26-25-14)22-17-13-19(28-9-7-27(2)8-10-28)24-21(23-17)16-5-3-4-15-6-11-29-20(15)16/h3-5,12-13H,6-11H2,1-2H3,(H2,22,23,24,25,26). The molecular formula is C21H25N7O. The number of likely N-dealkylation sites (N-methyl/N-ethyl adjacent to an activating group) is 1. The van der Waals surface area contributed by atoms with E-state index in [1.807, 2.05) is 25.1 Å². The van der Waals surface area contributed by atoms with Gasteiger partial charge in [-0.1, -0.05) is 12.1 Å². The highest BCUT2D eigenvalue weighted by Gasteiger charge is 2.22. The van der Waals surface area contributed by atoms with Crippen molar-refractivity contribution in [1.82, 2.24) is 25.1 Å². The maximum Gasteiger partial charge on any atom is 0.167 e. The van der Waals surface area contributed by atoms with Gasteiger partial charge in [0.15, 0.2) is 11.6 Å². The Morgan fingerprint density at radius 1 is 1.07 bits per heavy atom. The molecule has 2 aliphatic heterocycles. The number of para-hydroxylation sites is 1. The monoisotopic (exact) mass is 391 g/mol. The van der Waals surface area contributed by atoms with Gasteiger partial charge in [0, 0.05) is 50.4 Å². The highest BCUT2D eigenvalue weighted by Crippen LogP contribution is 2.36. The van der Waals surface area contributed by atoms with Crippen LogP contribution in [0.4, 0.5) is 17.5 Å². The molecule has 150 valence electrons. The molecule has 29 heavy (non-hydrogen) atoms. The Bertz CT molecular complexity index is 1020. The van der Waals surface area contributed by atoms with E-state index >= 15 is 0 Å². The average molecular weight is 391 g/mol. The van der Waals surface area contributed by atoms with Crippen LogP contribution in [0.25, 0.3) is 11.4 Å². The van der Waals surface area contributed by atoms with Gasteiger partial charge in [-0.25, -0.2) is 9.97 Å². The van der Waals surface area contributed by atoms with E-state index in [1.165, 1.54) is 5.56 Å². The fourth-order valence-corrected chi connectivity index (χ4v) is 3.82. The molecule has 2 aliphatic rings. The summed E-state index contributed by atoms with van der Waals surface area (Å²) >= 11 is 0. The van der Waals surface area contributed by atoms with Crippen molar-refractivity contribution in [1.29, 1.82) is 0 Å². The average Bonchev–Trinajstić information content (AvgIpc) is 3.37. The number of fused-ring (bicyclic) bond motifs is 1. The van der Waals surface area contributed by atoms with Gasteiger partial charge in [-0.05, 0) is 25.6 Å². The quantitative estimate of drug-likeness (QED) is 0.707. The molecule has 2 N–H and O–H groups in total. The second-order valence-electron chi connectivity index (χ2n) is 7.68. The van der Waals surface area contributed by atoms with Crippen molar-refractivity contribution in [2.75, 3.05) is 50.1 Å². The first kappa shape index (κ1) is 17.9. The molecule has 0 amide bonds. The first-order chi connectivity index (χ1) is 14.2. The fraction of sp³-hybridized carbons (Fsp3) is 0.381. The van der Waals surface area contributed by atoms with Gasteiger partial charge >= 0.3 is 0 Å². The fourth-order valence-electron chi connectivity index (χ4n) is 3.82. The van der Waals surface area contributed by atoms with Gasteiger partial charge in [0.25, 0.3) is 0 Å². The lowest BCUT2D eigenvalue weighted by Gasteiger charge is -2.33. The summed E-state index contributed by atoms with van der Waals surface area (Å²) in [6, 6.07) is 10.2. The number of anilines is 3. The van der Waals surface area contributed by atoms with Crippen LogP contribution in [0.1, 0.15) is 11.3 Å². The number of aromatic nitrogens is 4. The largest absolute Gasteiger partial charge is 0.492 e. The van der Waals surface area contributed by atoms with Gasteiger partial charge < -0.3 is 19.9 Å². The van der Waals surface area contributed by atoms with Gasteiger partial charge in [0.2, 0.25) is 0 Å². The van der Waals surface area contributed by atoms with Gasteiger partial charge in [-0.3, -0.25) is 5.10 Å². The van der Waals surface area contributed by atoms with Crippen molar-refractivity contribution in [3.63, 3.8) is 0 Å². The van der Waals surface area contributed by atoms with Crippen LogP contribution >= 0.6 is 0 Å². The van der Waals surface area contributed by atoms with Gasteiger partial charge in [0.05, 0.1) is 12.2 Å². The summed E-state index contributed by atoms with van der Waals surface area (Å²) in [6.45, 7) is 6.61. The third-order valence-electron chi connectivity index (χ3n) is 5.46. The molecule has 3 aromatic rings. The number of hydrogen-bond acceptors (Lipinski definition) is 7. The van der Waals surface area contributed by atoms with E-state index in [1.54, 1.807) is 0 Å². The summed E-state index contributed by atoms with van der Waals surface area (Å²) < 4.78 is 5.91. The number of benzene rings is 1. The number of hydrogen-bond donors (Lipinski definition) is 2. The summed E-state index contributed by atoms with van der Waals surface area (Å²) in [5, 5.41) is 10.6. The maximum atomic E-state index is 5.91. The summed E-state index contributed by atoms with van der Waals surface area (Å²) in [4.78, 5) is 14.4. The van der Waals surface area contributed by atoms with E-state index in [0.717, 1.165) is 67.1 Å². The zero-order valence-electron chi connectivity index (χ0n) is 16.8. The first-order valence-corrected chi connectivity index (χ1v) is 10.0. The summed E-state index contributed by atoms with van der Waals surface area (Å²) in [6.07, 6.45) is 0.930. The van der Waals surface area contributed by atoms with E-state index in [2.05, 4.69) is 44.5 Å². The van der Waals surface area contributed by atoms with Crippen molar-refractivity contribution in [2.45, 2.75) is 13.3 Å². The first-order valence-electron chi connectivity index (χ1n) is 10.0. The Hall–Kier alpha value is -3.13. The zero-order chi connectivity index (χ0) is 19.8. The molecular weight excluding hydrogens is 366 g/mol. The molecule has 1 fully saturated rings. The molecule has 0 saturated carbocycles. The van der Waals surface area contributed by atoms with Gasteiger partial charge in [0.1, 0.15) is 17.4 Å². The Labute approximate surface area is 169 Å². The molecule has 4 heterocycles. The Morgan fingerprint density at radius 2 is 1.93 bits per heavy atom. The minimum atomic E-state index is 0.676. The molecule has 1 aromatic carbocycles. The minimum absolute atomic E-state index is 0.676. The Morgan fingerprint density at radius 3 is 2.72 bits per heavy atom. The SMILES string of the molecule is Cc1cc(Nc2cc(N3CCN(C)CC3)nc(-c3cccc4c3OCC4)n2)n[nH]1. The highest BCUT2D eigenvalue weighted by molar-refractivity contribution is 5.71. The summed E-state index contributed by atoms with van der Waals surface area (Å²) in [5.41, 5.74) is 3.15. The lowest BCUT2D eigenvalue weighted by Crippen LogP contribution is -2.44. The number of ether oxygens (including phenoxy) is 1. The number of rotatable bonds is 4. The molecule has 5 rings (SSSR count). The number of nitrogens with one attached hydrogen (secondary N) is 2. The second kappa shape index (κ2) is 7.36. The Kier molecular flexibility index (Phi) is 4.55. The van der Waals surface area contributed by atoms with Crippen LogP contribution in [-0.4, -0.2) is 64.9 Å². The summed E-state index contributed by atoms with van der Waals surface area (Å²) in [5.74, 6) is 3.98. The molecule has 1 saturated heterocycles. The van der Waals surface area contributed by atoms with Crippen LogP contribution in [0.3, 0.4) is 0 Å². The Balaban J connectivity index is 1.55. The number of aromatic amines is 1. The molecule has 0 radical (unpaired) electrons. The topological polar surface area (TPSA) is 82.2 Å². The van der Waals surface area contributed by atoms with Crippen LogP contribution in [0, 0.1) is 6.92 Å². The molecule has 0 atom stereocenters. The van der Waals surface area contributed by atoms with E-state index in [0.29, 0.717) is 12.4 Å². The van der Waals surface area contributed by atoms with Crippen LogP contribution in [0.2, 0.25) is 0 Å². The van der Waals surface area contributed by atoms with Gasteiger partial charge in [-0.2, -0.15) is 5.10 Å². The van der Waals surface area contributed by atoms with Crippen LogP contribution < -0.4 is 15.0 Å².